The maximum absolute atomic E-state index is 11.9. The molecule has 2 aromatic heterocycles. The lowest BCUT2D eigenvalue weighted by molar-refractivity contribution is -0.143. The van der Waals surface area contributed by atoms with Gasteiger partial charge < -0.3 is 10.0 Å². The Bertz CT molecular complexity index is 681. The van der Waals surface area contributed by atoms with Gasteiger partial charge in [-0.3, -0.25) is 0 Å². The number of aromatic nitrogens is 3. The molecule has 21 heavy (non-hydrogen) atoms. The molecule has 2 aromatic rings. The summed E-state index contributed by atoms with van der Waals surface area (Å²) < 4.78 is 1.77. The van der Waals surface area contributed by atoms with Crippen LogP contribution in [0.2, 0.25) is 0 Å². The Labute approximate surface area is 123 Å². The van der Waals surface area contributed by atoms with Crippen molar-refractivity contribution in [3.05, 3.63) is 24.2 Å². The van der Waals surface area contributed by atoms with E-state index in [9.17, 15) is 9.90 Å². The van der Waals surface area contributed by atoms with Crippen LogP contribution < -0.4 is 4.90 Å². The summed E-state index contributed by atoms with van der Waals surface area (Å²) in [6.07, 6.45) is 6.51. The third-order valence-electron chi connectivity index (χ3n) is 4.30. The second-order valence-corrected chi connectivity index (χ2v) is 5.71. The molecule has 1 unspecified atom stereocenters. The molecule has 0 radical (unpaired) electrons. The van der Waals surface area contributed by atoms with E-state index < -0.39 is 11.5 Å². The summed E-state index contributed by atoms with van der Waals surface area (Å²) in [6, 6.07) is 1.96. The molecule has 0 spiro atoms. The van der Waals surface area contributed by atoms with E-state index in [4.69, 9.17) is 0 Å². The quantitative estimate of drug-likeness (QED) is 0.934. The molecule has 0 bridgehead atoms. The lowest BCUT2D eigenvalue weighted by atomic mass is 9.90. The molecule has 3 rings (SSSR count). The average Bonchev–Trinajstić information content (AvgIpc) is 3.02. The van der Waals surface area contributed by atoms with E-state index >= 15 is 0 Å². The summed E-state index contributed by atoms with van der Waals surface area (Å²) in [4.78, 5) is 18.4. The molecule has 0 aromatic carbocycles. The number of aliphatic carboxylic acids is 1. The molecule has 1 aliphatic heterocycles. The van der Waals surface area contributed by atoms with Crippen LogP contribution in [-0.4, -0.2) is 37.8 Å². The first-order chi connectivity index (χ1) is 10.1. The zero-order valence-corrected chi connectivity index (χ0v) is 12.4. The van der Waals surface area contributed by atoms with Crippen molar-refractivity contribution in [2.75, 3.05) is 11.4 Å². The van der Waals surface area contributed by atoms with Gasteiger partial charge >= 0.3 is 5.97 Å². The maximum atomic E-state index is 11.9. The van der Waals surface area contributed by atoms with Gasteiger partial charge in [0.2, 0.25) is 0 Å². The number of anilines is 1. The topological polar surface area (TPSA) is 70.7 Å². The molecule has 1 N–H and O–H groups in total. The average molecular weight is 288 g/mol. The Morgan fingerprint density at radius 1 is 1.52 bits per heavy atom. The number of hydrogen-bond acceptors (Lipinski definition) is 4. The van der Waals surface area contributed by atoms with Crippen molar-refractivity contribution in [2.45, 2.75) is 45.1 Å². The predicted octanol–water partition coefficient (Wildman–Crippen LogP) is 2.26. The van der Waals surface area contributed by atoms with Gasteiger partial charge in [-0.15, -0.1) is 0 Å². The number of fused-ring (bicyclic) bond motifs is 1. The molecule has 0 saturated carbocycles. The molecule has 0 amide bonds. The van der Waals surface area contributed by atoms with Gasteiger partial charge in [0, 0.05) is 18.9 Å². The van der Waals surface area contributed by atoms with Crippen LogP contribution in [0.25, 0.3) is 5.52 Å². The SMILES string of the molecule is CCCC1(C(=O)O)CCCN1c1nccn2nc(C)cc12. The van der Waals surface area contributed by atoms with E-state index in [1.165, 1.54) is 0 Å². The first-order valence-corrected chi connectivity index (χ1v) is 7.40. The second-order valence-electron chi connectivity index (χ2n) is 5.71. The van der Waals surface area contributed by atoms with Gasteiger partial charge in [-0.2, -0.15) is 5.10 Å². The first kappa shape index (κ1) is 13.9. The van der Waals surface area contributed by atoms with E-state index in [-0.39, 0.29) is 0 Å². The highest BCUT2D eigenvalue weighted by Crippen LogP contribution is 2.38. The van der Waals surface area contributed by atoms with Crippen LogP contribution in [0.15, 0.2) is 18.5 Å². The normalized spacial score (nSPS) is 22.1. The largest absolute Gasteiger partial charge is 0.479 e. The Morgan fingerprint density at radius 2 is 2.33 bits per heavy atom. The zero-order valence-electron chi connectivity index (χ0n) is 12.4. The zero-order chi connectivity index (χ0) is 15.0. The van der Waals surface area contributed by atoms with E-state index in [0.717, 1.165) is 36.4 Å². The van der Waals surface area contributed by atoms with Crippen molar-refractivity contribution < 1.29 is 9.90 Å². The third-order valence-corrected chi connectivity index (χ3v) is 4.30. The van der Waals surface area contributed by atoms with Crippen LogP contribution in [-0.2, 0) is 4.79 Å². The van der Waals surface area contributed by atoms with Crippen LogP contribution in [0.1, 0.15) is 38.3 Å². The van der Waals surface area contributed by atoms with Crippen molar-refractivity contribution in [1.29, 1.82) is 0 Å². The maximum Gasteiger partial charge on any atom is 0.329 e. The fourth-order valence-corrected chi connectivity index (χ4v) is 3.43. The molecule has 1 aliphatic rings. The number of carbonyl (C=O) groups is 1. The van der Waals surface area contributed by atoms with Crippen LogP contribution in [0.3, 0.4) is 0 Å². The monoisotopic (exact) mass is 288 g/mol. The Kier molecular flexibility index (Phi) is 3.31. The lowest BCUT2D eigenvalue weighted by Crippen LogP contribution is -2.51. The molecular weight excluding hydrogens is 268 g/mol. The number of hydrogen-bond donors (Lipinski definition) is 1. The van der Waals surface area contributed by atoms with Crippen molar-refractivity contribution in [1.82, 2.24) is 14.6 Å². The number of carboxylic acid groups (broad SMARTS) is 1. The Hall–Kier alpha value is -2.11. The molecule has 6 heteroatoms. The predicted molar refractivity (Wildman–Crippen MR) is 79.6 cm³/mol. The van der Waals surface area contributed by atoms with Gasteiger partial charge in [0.1, 0.15) is 11.1 Å². The summed E-state index contributed by atoms with van der Waals surface area (Å²) in [7, 11) is 0. The van der Waals surface area contributed by atoms with E-state index in [2.05, 4.69) is 10.1 Å². The Morgan fingerprint density at radius 3 is 3.05 bits per heavy atom. The van der Waals surface area contributed by atoms with Crippen LogP contribution in [0.4, 0.5) is 5.82 Å². The van der Waals surface area contributed by atoms with Gasteiger partial charge in [0.05, 0.1) is 5.69 Å². The van der Waals surface area contributed by atoms with E-state index in [0.29, 0.717) is 12.8 Å². The highest BCUT2D eigenvalue weighted by Gasteiger charge is 2.48. The summed E-state index contributed by atoms with van der Waals surface area (Å²) in [5, 5.41) is 14.2. The number of aryl methyl sites for hydroxylation is 1. The second kappa shape index (κ2) is 5.02. The number of rotatable bonds is 4. The van der Waals surface area contributed by atoms with Gasteiger partial charge in [-0.25, -0.2) is 14.3 Å². The van der Waals surface area contributed by atoms with Gasteiger partial charge in [-0.1, -0.05) is 13.3 Å². The lowest BCUT2D eigenvalue weighted by Gasteiger charge is -2.35. The molecule has 1 saturated heterocycles. The molecule has 6 nitrogen and oxygen atoms in total. The molecule has 1 atom stereocenters. The number of carboxylic acids is 1. The van der Waals surface area contributed by atoms with Crippen molar-refractivity contribution in [3.63, 3.8) is 0 Å². The highest BCUT2D eigenvalue weighted by atomic mass is 16.4. The van der Waals surface area contributed by atoms with Crippen LogP contribution in [0.5, 0.6) is 0 Å². The molecule has 112 valence electrons. The van der Waals surface area contributed by atoms with Gasteiger partial charge in [-0.05, 0) is 32.3 Å². The minimum Gasteiger partial charge on any atom is -0.479 e. The van der Waals surface area contributed by atoms with Crippen molar-refractivity contribution in [2.24, 2.45) is 0 Å². The summed E-state index contributed by atoms with van der Waals surface area (Å²) >= 11 is 0. The van der Waals surface area contributed by atoms with E-state index in [1.807, 2.05) is 24.8 Å². The van der Waals surface area contributed by atoms with Crippen molar-refractivity contribution in [3.8, 4) is 0 Å². The summed E-state index contributed by atoms with van der Waals surface area (Å²) in [5.74, 6) is -0.0201. The molecule has 0 aliphatic carbocycles. The fourth-order valence-electron chi connectivity index (χ4n) is 3.43. The third kappa shape index (κ3) is 2.05. The smallest absolute Gasteiger partial charge is 0.329 e. The molecule has 3 heterocycles. The van der Waals surface area contributed by atoms with Crippen LogP contribution >= 0.6 is 0 Å². The first-order valence-electron chi connectivity index (χ1n) is 7.40. The highest BCUT2D eigenvalue weighted by molar-refractivity contribution is 5.86. The fraction of sp³-hybridized carbons (Fsp3) is 0.533. The minimum absolute atomic E-state index is 0.637. The molecular formula is C15H20N4O2. The standard InChI is InChI=1S/C15H20N4O2/c1-3-5-15(14(20)21)6-4-8-18(15)13-12-10-11(2)17-19(12)9-7-16-13/h7,9-10H,3-6,8H2,1-2H3,(H,20,21). The molecule has 1 fully saturated rings. The van der Waals surface area contributed by atoms with Crippen molar-refractivity contribution >= 4 is 17.3 Å². The summed E-state index contributed by atoms with van der Waals surface area (Å²) in [5.41, 5.74) is 0.945. The minimum atomic E-state index is -0.832. The van der Waals surface area contributed by atoms with Gasteiger partial charge in [0.15, 0.2) is 5.82 Å². The van der Waals surface area contributed by atoms with E-state index in [1.54, 1.807) is 16.9 Å². The van der Waals surface area contributed by atoms with Gasteiger partial charge in [0.25, 0.3) is 0 Å². The van der Waals surface area contributed by atoms with Crippen LogP contribution in [0, 0.1) is 6.92 Å². The Balaban J connectivity index is 2.14. The number of nitrogens with zero attached hydrogens (tertiary/aromatic N) is 4. The summed E-state index contributed by atoms with van der Waals surface area (Å²) in [6.45, 7) is 4.68.